The molecule has 0 fully saturated rings. The van der Waals surface area contributed by atoms with Crippen molar-refractivity contribution < 1.29 is 0 Å². The normalized spacial score (nSPS) is 12.0. The Kier molecular flexibility index (Phi) is 3.97. The molecule has 1 radical (unpaired) electrons. The fourth-order valence-electron chi connectivity index (χ4n) is 0.455. The first kappa shape index (κ1) is 7.23. The Morgan fingerprint density at radius 1 is 1.75 bits per heavy atom. The summed E-state index contributed by atoms with van der Waals surface area (Å²) >= 11 is 0. The SMILES string of the molecule is [CH2]CCC(C#N)C=C. The molecule has 43 valence electrons. The van der Waals surface area contributed by atoms with E-state index in [-0.39, 0.29) is 5.92 Å². The Hall–Kier alpha value is -0.770. The summed E-state index contributed by atoms with van der Waals surface area (Å²) in [6.07, 6.45) is 3.30. The molecule has 1 heteroatoms. The molecule has 0 rings (SSSR count). The van der Waals surface area contributed by atoms with E-state index in [4.69, 9.17) is 5.26 Å². The zero-order chi connectivity index (χ0) is 6.41. The van der Waals surface area contributed by atoms with Crippen molar-refractivity contribution in [1.29, 1.82) is 5.26 Å². The fraction of sp³-hybridized carbons (Fsp3) is 0.429. The summed E-state index contributed by atoms with van der Waals surface area (Å²) in [6, 6.07) is 2.09. The van der Waals surface area contributed by atoms with Crippen molar-refractivity contribution in [3.63, 3.8) is 0 Å². The third kappa shape index (κ3) is 2.41. The van der Waals surface area contributed by atoms with E-state index in [0.29, 0.717) is 0 Å². The summed E-state index contributed by atoms with van der Waals surface area (Å²) in [6.45, 7) is 7.12. The highest BCUT2D eigenvalue weighted by atomic mass is 14.3. The lowest BCUT2D eigenvalue weighted by Gasteiger charge is -1.95. The minimum atomic E-state index is 0.00694. The van der Waals surface area contributed by atoms with Gasteiger partial charge in [0.2, 0.25) is 0 Å². The highest BCUT2D eigenvalue weighted by Gasteiger charge is 1.96. The molecule has 0 aromatic rings. The molecular weight excluding hydrogens is 98.1 g/mol. The van der Waals surface area contributed by atoms with Crippen molar-refractivity contribution in [2.45, 2.75) is 12.8 Å². The molecule has 0 heterocycles. The van der Waals surface area contributed by atoms with E-state index in [1.165, 1.54) is 0 Å². The van der Waals surface area contributed by atoms with Crippen LogP contribution >= 0.6 is 0 Å². The second-order valence-electron chi connectivity index (χ2n) is 1.61. The minimum Gasteiger partial charge on any atom is -0.198 e. The second-order valence-corrected chi connectivity index (χ2v) is 1.61. The molecule has 0 saturated carbocycles. The monoisotopic (exact) mass is 108 g/mol. The Morgan fingerprint density at radius 3 is 2.50 bits per heavy atom. The number of rotatable bonds is 3. The first-order chi connectivity index (χ1) is 3.85. The topological polar surface area (TPSA) is 23.8 Å². The second kappa shape index (κ2) is 4.39. The molecule has 1 unspecified atom stereocenters. The predicted octanol–water partition coefficient (Wildman–Crippen LogP) is 1.93. The number of nitriles is 1. The fourth-order valence-corrected chi connectivity index (χ4v) is 0.455. The molecule has 1 atom stereocenters. The maximum absolute atomic E-state index is 8.31. The minimum absolute atomic E-state index is 0.00694. The van der Waals surface area contributed by atoms with Gasteiger partial charge in [-0.2, -0.15) is 5.26 Å². The first-order valence-electron chi connectivity index (χ1n) is 2.66. The van der Waals surface area contributed by atoms with Crippen LogP contribution in [0.2, 0.25) is 0 Å². The molecule has 0 spiro atoms. The van der Waals surface area contributed by atoms with Gasteiger partial charge in [0.05, 0.1) is 12.0 Å². The van der Waals surface area contributed by atoms with Crippen molar-refractivity contribution >= 4 is 0 Å². The third-order valence-corrected chi connectivity index (χ3v) is 0.965. The third-order valence-electron chi connectivity index (χ3n) is 0.965. The zero-order valence-electron chi connectivity index (χ0n) is 4.93. The molecular formula is C7H10N. The molecule has 0 bridgehead atoms. The molecule has 0 saturated heterocycles. The van der Waals surface area contributed by atoms with E-state index >= 15 is 0 Å². The summed E-state index contributed by atoms with van der Waals surface area (Å²) in [4.78, 5) is 0. The maximum Gasteiger partial charge on any atom is 0.0697 e. The Morgan fingerprint density at radius 2 is 2.38 bits per heavy atom. The number of hydrogen-bond acceptors (Lipinski definition) is 1. The summed E-state index contributed by atoms with van der Waals surface area (Å²) in [7, 11) is 0. The summed E-state index contributed by atoms with van der Waals surface area (Å²) < 4.78 is 0. The number of allylic oxidation sites excluding steroid dienone is 1. The van der Waals surface area contributed by atoms with Crippen molar-refractivity contribution in [3.05, 3.63) is 19.6 Å². The van der Waals surface area contributed by atoms with Crippen molar-refractivity contribution in [3.8, 4) is 6.07 Å². The van der Waals surface area contributed by atoms with E-state index < -0.39 is 0 Å². The molecule has 0 aromatic carbocycles. The van der Waals surface area contributed by atoms with Gasteiger partial charge in [-0.05, 0) is 6.42 Å². The van der Waals surface area contributed by atoms with Gasteiger partial charge in [-0.1, -0.05) is 19.4 Å². The van der Waals surface area contributed by atoms with Crippen LogP contribution in [0.4, 0.5) is 0 Å². The van der Waals surface area contributed by atoms with Gasteiger partial charge in [0, 0.05) is 0 Å². The molecule has 0 N–H and O–H groups in total. The highest BCUT2D eigenvalue weighted by Crippen LogP contribution is 2.03. The molecule has 0 aromatic heterocycles. The van der Waals surface area contributed by atoms with Gasteiger partial charge in [0.25, 0.3) is 0 Å². The van der Waals surface area contributed by atoms with Gasteiger partial charge in [-0.25, -0.2) is 0 Å². The van der Waals surface area contributed by atoms with Crippen LogP contribution in [0.25, 0.3) is 0 Å². The van der Waals surface area contributed by atoms with E-state index in [9.17, 15) is 0 Å². The van der Waals surface area contributed by atoms with E-state index in [0.717, 1.165) is 12.8 Å². The highest BCUT2D eigenvalue weighted by molar-refractivity contribution is 4.94. The van der Waals surface area contributed by atoms with Gasteiger partial charge in [-0.15, -0.1) is 6.58 Å². The number of nitrogens with zero attached hydrogens (tertiary/aromatic N) is 1. The molecule has 1 nitrogen and oxygen atoms in total. The van der Waals surface area contributed by atoms with Crippen molar-refractivity contribution in [1.82, 2.24) is 0 Å². The average molecular weight is 108 g/mol. The van der Waals surface area contributed by atoms with Crippen LogP contribution in [0.3, 0.4) is 0 Å². The lowest BCUT2D eigenvalue weighted by Crippen LogP contribution is -1.88. The lowest BCUT2D eigenvalue weighted by atomic mass is 10.1. The van der Waals surface area contributed by atoms with E-state index in [2.05, 4.69) is 19.6 Å². The van der Waals surface area contributed by atoms with Gasteiger partial charge < -0.3 is 0 Å². The summed E-state index contributed by atoms with van der Waals surface area (Å²) in [5.74, 6) is 0.00694. The Balaban J connectivity index is 3.40. The maximum atomic E-state index is 8.31. The standard InChI is InChI=1S/C7H10N/c1-3-5-7(4-2)6-8/h4,7H,1-3,5H2. The van der Waals surface area contributed by atoms with Crippen LogP contribution < -0.4 is 0 Å². The molecule has 8 heavy (non-hydrogen) atoms. The number of hydrogen-bond donors (Lipinski definition) is 0. The zero-order valence-corrected chi connectivity index (χ0v) is 4.93. The van der Waals surface area contributed by atoms with Crippen molar-refractivity contribution in [2.24, 2.45) is 5.92 Å². The van der Waals surface area contributed by atoms with Crippen LogP contribution in [-0.4, -0.2) is 0 Å². The van der Waals surface area contributed by atoms with E-state index in [1.54, 1.807) is 6.08 Å². The Bertz CT molecular complexity index is 99.4. The van der Waals surface area contributed by atoms with Crippen LogP contribution in [0, 0.1) is 24.2 Å². The lowest BCUT2D eigenvalue weighted by molar-refractivity contribution is 0.734. The predicted molar refractivity (Wildman–Crippen MR) is 33.9 cm³/mol. The molecule has 0 aliphatic rings. The summed E-state index contributed by atoms with van der Waals surface area (Å²) in [5.41, 5.74) is 0. The van der Waals surface area contributed by atoms with Gasteiger partial charge >= 0.3 is 0 Å². The van der Waals surface area contributed by atoms with Crippen LogP contribution in [0.5, 0.6) is 0 Å². The smallest absolute Gasteiger partial charge is 0.0697 e. The molecule has 0 aliphatic heterocycles. The van der Waals surface area contributed by atoms with Crippen LogP contribution in [0.1, 0.15) is 12.8 Å². The largest absolute Gasteiger partial charge is 0.198 e. The van der Waals surface area contributed by atoms with Gasteiger partial charge in [0.1, 0.15) is 0 Å². The van der Waals surface area contributed by atoms with Gasteiger partial charge in [-0.3, -0.25) is 0 Å². The Labute approximate surface area is 50.6 Å². The first-order valence-corrected chi connectivity index (χ1v) is 2.66. The van der Waals surface area contributed by atoms with Crippen molar-refractivity contribution in [2.75, 3.05) is 0 Å². The average Bonchev–Trinajstić information content (AvgIpc) is 1.83. The quantitative estimate of drug-likeness (QED) is 0.507. The van der Waals surface area contributed by atoms with Crippen LogP contribution in [-0.2, 0) is 0 Å². The summed E-state index contributed by atoms with van der Waals surface area (Å²) in [5, 5.41) is 8.31. The molecule has 0 amide bonds. The molecule has 0 aliphatic carbocycles. The van der Waals surface area contributed by atoms with E-state index in [1.807, 2.05) is 0 Å². The van der Waals surface area contributed by atoms with Gasteiger partial charge in [0.15, 0.2) is 0 Å². The van der Waals surface area contributed by atoms with Crippen LogP contribution in [0.15, 0.2) is 12.7 Å².